The summed E-state index contributed by atoms with van der Waals surface area (Å²) in [5.74, 6) is -0.590. The molecule has 0 aliphatic heterocycles. The van der Waals surface area contributed by atoms with Gasteiger partial charge in [-0.3, -0.25) is 9.59 Å². The van der Waals surface area contributed by atoms with Crippen LogP contribution in [0.3, 0.4) is 0 Å². The molecule has 0 fully saturated rings. The molecule has 1 aromatic heterocycles. The molecule has 0 aliphatic carbocycles. The van der Waals surface area contributed by atoms with Gasteiger partial charge in [-0.1, -0.05) is 35.9 Å². The van der Waals surface area contributed by atoms with E-state index in [0.717, 1.165) is 11.1 Å². The third-order valence-electron chi connectivity index (χ3n) is 3.72. The van der Waals surface area contributed by atoms with Crippen LogP contribution in [0.2, 0.25) is 5.02 Å². The van der Waals surface area contributed by atoms with Gasteiger partial charge in [0.05, 0.1) is 11.6 Å². The van der Waals surface area contributed by atoms with Crippen LogP contribution in [0.15, 0.2) is 41.3 Å². The van der Waals surface area contributed by atoms with Gasteiger partial charge in [0.15, 0.2) is 0 Å². The summed E-state index contributed by atoms with van der Waals surface area (Å²) in [5, 5.41) is 2.08. The fourth-order valence-corrected chi connectivity index (χ4v) is 2.69. The third-order valence-corrected chi connectivity index (χ3v) is 3.99. The predicted molar refractivity (Wildman–Crippen MR) is 88.5 cm³/mol. The van der Waals surface area contributed by atoms with Crippen molar-refractivity contribution in [2.45, 2.75) is 32.6 Å². The van der Waals surface area contributed by atoms with Crippen molar-refractivity contribution in [3.05, 3.63) is 68.6 Å². The highest BCUT2D eigenvalue weighted by Gasteiger charge is 2.32. The van der Waals surface area contributed by atoms with Gasteiger partial charge in [-0.15, -0.1) is 0 Å². The van der Waals surface area contributed by atoms with E-state index >= 15 is 0 Å². The van der Waals surface area contributed by atoms with E-state index in [1.165, 1.54) is 0 Å². The highest BCUT2D eigenvalue weighted by Crippen LogP contribution is 2.29. The molecule has 1 N–H and O–H groups in total. The Balaban J connectivity index is 2.19. The first-order valence-corrected chi connectivity index (χ1v) is 7.79. The van der Waals surface area contributed by atoms with Crippen LogP contribution in [0.5, 0.6) is 0 Å². The van der Waals surface area contributed by atoms with Gasteiger partial charge in [-0.05, 0) is 31.0 Å². The minimum Gasteiger partial charge on any atom is -0.348 e. The molecule has 0 saturated carbocycles. The van der Waals surface area contributed by atoms with E-state index in [0.29, 0.717) is 16.8 Å². The largest absolute Gasteiger partial charge is 0.417 e. The van der Waals surface area contributed by atoms with Crippen molar-refractivity contribution >= 4 is 17.5 Å². The second kappa shape index (κ2) is 7.31. The summed E-state index contributed by atoms with van der Waals surface area (Å²) in [6, 6.07) is 7.60. The van der Waals surface area contributed by atoms with Crippen LogP contribution in [-0.2, 0) is 17.5 Å². The Morgan fingerprint density at radius 2 is 1.96 bits per heavy atom. The van der Waals surface area contributed by atoms with E-state index in [1.807, 2.05) is 31.2 Å². The van der Waals surface area contributed by atoms with Crippen LogP contribution in [0.4, 0.5) is 13.2 Å². The van der Waals surface area contributed by atoms with E-state index in [4.69, 9.17) is 11.6 Å². The van der Waals surface area contributed by atoms with Crippen molar-refractivity contribution in [3.8, 4) is 0 Å². The number of amides is 1. The van der Waals surface area contributed by atoms with Gasteiger partial charge < -0.3 is 9.88 Å². The molecule has 1 aromatic carbocycles. The van der Waals surface area contributed by atoms with E-state index in [2.05, 4.69) is 5.32 Å². The van der Waals surface area contributed by atoms with Crippen LogP contribution in [0.1, 0.15) is 29.7 Å². The number of benzene rings is 1. The molecular weight excluding hydrogens is 357 g/mol. The van der Waals surface area contributed by atoms with Gasteiger partial charge in [0, 0.05) is 6.20 Å². The standard InChI is InChI=1S/C17H16ClF3N2O2/c1-10-5-3-4-6-13(10)11(2)22-15(24)9-23-8-12(17(19,20)21)7-14(18)16(23)25/h3-8,11H,9H2,1-2H3,(H,22,24). The smallest absolute Gasteiger partial charge is 0.348 e. The number of carbonyl (C=O) groups is 1. The first-order valence-electron chi connectivity index (χ1n) is 7.41. The van der Waals surface area contributed by atoms with Crippen molar-refractivity contribution in [2.24, 2.45) is 0 Å². The fourth-order valence-electron chi connectivity index (χ4n) is 2.46. The molecule has 1 unspecified atom stereocenters. The molecule has 2 rings (SSSR count). The first-order chi connectivity index (χ1) is 11.6. The van der Waals surface area contributed by atoms with Crippen molar-refractivity contribution < 1.29 is 18.0 Å². The lowest BCUT2D eigenvalue weighted by Crippen LogP contribution is -2.34. The summed E-state index contributed by atoms with van der Waals surface area (Å²) in [6.45, 7) is 3.08. The first kappa shape index (κ1) is 19.1. The van der Waals surface area contributed by atoms with Gasteiger partial charge in [0.25, 0.3) is 5.56 Å². The van der Waals surface area contributed by atoms with E-state index < -0.39 is 34.8 Å². The second-order valence-corrected chi connectivity index (χ2v) is 6.06. The zero-order valence-corrected chi connectivity index (χ0v) is 14.3. The summed E-state index contributed by atoms with van der Waals surface area (Å²) < 4.78 is 39.1. The van der Waals surface area contributed by atoms with E-state index in [9.17, 15) is 22.8 Å². The number of alkyl halides is 3. The zero-order valence-electron chi connectivity index (χ0n) is 13.5. The molecular formula is C17H16ClF3N2O2. The maximum absolute atomic E-state index is 12.8. The average molecular weight is 373 g/mol. The SMILES string of the molecule is Cc1ccccc1C(C)NC(=O)Cn1cc(C(F)(F)F)cc(Cl)c1=O. The summed E-state index contributed by atoms with van der Waals surface area (Å²) in [6.07, 6.45) is -4.07. The van der Waals surface area contributed by atoms with Gasteiger partial charge >= 0.3 is 6.18 Å². The molecule has 8 heteroatoms. The average Bonchev–Trinajstić information content (AvgIpc) is 2.50. The van der Waals surface area contributed by atoms with Crippen LogP contribution in [0.25, 0.3) is 0 Å². The topological polar surface area (TPSA) is 51.1 Å². The number of aryl methyl sites for hydroxylation is 1. The number of nitrogens with one attached hydrogen (secondary N) is 1. The maximum Gasteiger partial charge on any atom is 0.417 e. The molecule has 2 aromatic rings. The Kier molecular flexibility index (Phi) is 5.57. The minimum atomic E-state index is -4.66. The lowest BCUT2D eigenvalue weighted by Gasteiger charge is -2.17. The second-order valence-electron chi connectivity index (χ2n) is 5.65. The molecule has 0 spiro atoms. The molecule has 1 amide bonds. The van der Waals surface area contributed by atoms with Gasteiger partial charge in [-0.25, -0.2) is 0 Å². The van der Waals surface area contributed by atoms with Gasteiger partial charge in [0.1, 0.15) is 11.6 Å². The van der Waals surface area contributed by atoms with Crippen molar-refractivity contribution in [3.63, 3.8) is 0 Å². The van der Waals surface area contributed by atoms with Crippen molar-refractivity contribution in [1.82, 2.24) is 9.88 Å². The van der Waals surface area contributed by atoms with Crippen LogP contribution in [0, 0.1) is 6.92 Å². The van der Waals surface area contributed by atoms with Crippen molar-refractivity contribution in [1.29, 1.82) is 0 Å². The zero-order chi connectivity index (χ0) is 18.8. The number of carbonyl (C=O) groups excluding carboxylic acids is 1. The molecule has 0 aliphatic rings. The number of pyridine rings is 1. The normalized spacial score (nSPS) is 12.7. The van der Waals surface area contributed by atoms with Gasteiger partial charge in [-0.2, -0.15) is 13.2 Å². The number of rotatable bonds is 4. The Bertz CT molecular complexity index is 847. The highest BCUT2D eigenvalue weighted by atomic mass is 35.5. The molecule has 0 bridgehead atoms. The maximum atomic E-state index is 12.8. The quantitative estimate of drug-likeness (QED) is 0.889. The molecule has 1 heterocycles. The molecule has 134 valence electrons. The molecule has 1 atom stereocenters. The Morgan fingerprint density at radius 3 is 2.56 bits per heavy atom. The Hall–Kier alpha value is -2.28. The van der Waals surface area contributed by atoms with E-state index in [1.54, 1.807) is 6.92 Å². The number of aromatic nitrogens is 1. The van der Waals surface area contributed by atoms with Gasteiger partial charge in [0.2, 0.25) is 5.91 Å². The van der Waals surface area contributed by atoms with Crippen LogP contribution in [-0.4, -0.2) is 10.5 Å². The summed E-state index contributed by atoms with van der Waals surface area (Å²) in [5.41, 5.74) is -0.0925. The van der Waals surface area contributed by atoms with E-state index in [-0.39, 0.29) is 6.04 Å². The number of halogens is 4. The van der Waals surface area contributed by atoms with Crippen molar-refractivity contribution in [2.75, 3.05) is 0 Å². The summed E-state index contributed by atoms with van der Waals surface area (Å²) in [4.78, 5) is 24.0. The van der Waals surface area contributed by atoms with Crippen LogP contribution >= 0.6 is 11.6 Å². The molecule has 0 radical (unpaired) electrons. The lowest BCUT2D eigenvalue weighted by molar-refractivity contribution is -0.138. The number of nitrogens with zero attached hydrogens (tertiary/aromatic N) is 1. The summed E-state index contributed by atoms with van der Waals surface area (Å²) in [7, 11) is 0. The molecule has 25 heavy (non-hydrogen) atoms. The third kappa shape index (κ3) is 4.63. The molecule has 4 nitrogen and oxygen atoms in total. The molecule has 0 saturated heterocycles. The number of hydrogen-bond acceptors (Lipinski definition) is 2. The monoisotopic (exact) mass is 372 g/mol. The number of hydrogen-bond donors (Lipinski definition) is 1. The predicted octanol–water partition coefficient (Wildman–Crippen LogP) is 3.71. The Morgan fingerprint density at radius 1 is 1.32 bits per heavy atom. The fraction of sp³-hybridized carbons (Fsp3) is 0.294. The Labute approximate surface area is 147 Å². The highest BCUT2D eigenvalue weighted by molar-refractivity contribution is 6.30. The van der Waals surface area contributed by atoms with Crippen LogP contribution < -0.4 is 10.9 Å². The summed E-state index contributed by atoms with van der Waals surface area (Å²) >= 11 is 5.57. The minimum absolute atomic E-state index is 0.356. The lowest BCUT2D eigenvalue weighted by atomic mass is 10.0.